The molecule has 0 bridgehead atoms. The van der Waals surface area contributed by atoms with E-state index < -0.39 is 0 Å². The first kappa shape index (κ1) is 15.4. The maximum Gasteiger partial charge on any atom is 0.223 e. The second-order valence-corrected chi connectivity index (χ2v) is 5.74. The van der Waals surface area contributed by atoms with Crippen molar-refractivity contribution in [1.82, 2.24) is 19.7 Å². The van der Waals surface area contributed by atoms with Gasteiger partial charge in [0.15, 0.2) is 5.78 Å². The third kappa shape index (κ3) is 3.47. The normalized spacial score (nSPS) is 14.2. The van der Waals surface area contributed by atoms with Crippen molar-refractivity contribution >= 4 is 11.7 Å². The minimum absolute atomic E-state index is 0.0155. The van der Waals surface area contributed by atoms with Crippen molar-refractivity contribution in [3.05, 3.63) is 47.5 Å². The van der Waals surface area contributed by atoms with Crippen LogP contribution in [0.2, 0.25) is 0 Å². The lowest BCUT2D eigenvalue weighted by atomic mass is 10.1. The van der Waals surface area contributed by atoms with E-state index in [1.807, 2.05) is 30.0 Å². The fraction of sp³-hybridized carbons (Fsp3) is 0.412. The van der Waals surface area contributed by atoms with E-state index in [0.717, 1.165) is 11.6 Å². The van der Waals surface area contributed by atoms with Crippen molar-refractivity contribution in [2.75, 3.05) is 13.1 Å². The first-order chi connectivity index (χ1) is 11.1. The Kier molecular flexibility index (Phi) is 4.50. The molecule has 1 aromatic heterocycles. The lowest BCUT2D eigenvalue weighted by Crippen LogP contribution is -2.33. The molecule has 1 aliphatic rings. The Labute approximate surface area is 135 Å². The summed E-state index contributed by atoms with van der Waals surface area (Å²) in [6.07, 6.45) is 1.22. The molecule has 1 amide bonds. The molecule has 0 atom stereocenters. The van der Waals surface area contributed by atoms with Crippen LogP contribution in [-0.2, 0) is 17.8 Å². The number of aryl methyl sites for hydroxylation is 1. The van der Waals surface area contributed by atoms with E-state index in [-0.39, 0.29) is 24.5 Å². The van der Waals surface area contributed by atoms with Gasteiger partial charge in [0.1, 0.15) is 11.6 Å². The van der Waals surface area contributed by atoms with Crippen LogP contribution in [0.15, 0.2) is 30.3 Å². The second-order valence-electron chi connectivity index (χ2n) is 5.74. The quantitative estimate of drug-likeness (QED) is 0.805. The lowest BCUT2D eigenvalue weighted by Gasteiger charge is -2.19. The highest BCUT2D eigenvalue weighted by atomic mass is 16.2. The highest BCUT2D eigenvalue weighted by Gasteiger charge is 2.21. The van der Waals surface area contributed by atoms with Crippen LogP contribution in [0.5, 0.6) is 0 Å². The Bertz CT molecular complexity index is 709. The van der Waals surface area contributed by atoms with Crippen LogP contribution in [0.1, 0.15) is 34.8 Å². The number of hydrogen-bond acceptors (Lipinski definition) is 4. The Balaban J connectivity index is 1.54. The van der Waals surface area contributed by atoms with Crippen LogP contribution in [0.25, 0.3) is 0 Å². The summed E-state index contributed by atoms with van der Waals surface area (Å²) in [6, 6.07) is 9.11. The number of carbonyl (C=O) groups excluding carboxylic acids is 2. The number of amides is 1. The monoisotopic (exact) mass is 312 g/mol. The predicted molar refractivity (Wildman–Crippen MR) is 85.0 cm³/mol. The van der Waals surface area contributed by atoms with Gasteiger partial charge in [0.2, 0.25) is 5.91 Å². The average Bonchev–Trinajstić information content (AvgIpc) is 2.81. The Morgan fingerprint density at radius 2 is 1.83 bits per heavy atom. The first-order valence-electron chi connectivity index (χ1n) is 7.90. The van der Waals surface area contributed by atoms with Gasteiger partial charge < -0.3 is 9.47 Å². The first-order valence-corrected chi connectivity index (χ1v) is 7.90. The molecule has 0 saturated heterocycles. The number of nitrogens with zero attached hydrogens (tertiary/aromatic N) is 4. The number of rotatable bonds is 4. The molecule has 0 radical (unpaired) electrons. The molecule has 1 aromatic carbocycles. The number of carbonyl (C=O) groups is 2. The van der Waals surface area contributed by atoms with Crippen molar-refractivity contribution in [1.29, 1.82) is 0 Å². The second kappa shape index (κ2) is 6.73. The van der Waals surface area contributed by atoms with E-state index in [2.05, 4.69) is 14.8 Å². The Hall–Kier alpha value is -2.50. The molecule has 2 heterocycles. The third-order valence-corrected chi connectivity index (χ3v) is 4.23. The number of aromatic nitrogens is 3. The van der Waals surface area contributed by atoms with Gasteiger partial charge >= 0.3 is 0 Å². The molecular formula is C17H20N4O2. The van der Waals surface area contributed by atoms with Crippen LogP contribution in [-0.4, -0.2) is 44.4 Å². The summed E-state index contributed by atoms with van der Waals surface area (Å²) in [7, 11) is 0. The maximum absolute atomic E-state index is 12.4. The number of Topliss-reactive ketones (excluding diaryl/α,β-unsaturated/α-hetero) is 1. The fourth-order valence-corrected chi connectivity index (χ4v) is 2.86. The van der Waals surface area contributed by atoms with Crippen molar-refractivity contribution in [3.63, 3.8) is 0 Å². The molecule has 0 N–H and O–H groups in total. The highest BCUT2D eigenvalue weighted by molar-refractivity contribution is 5.97. The molecule has 120 valence electrons. The topological polar surface area (TPSA) is 68.1 Å². The number of benzene rings is 1. The molecule has 0 unspecified atom stereocenters. The fourth-order valence-electron chi connectivity index (χ4n) is 2.86. The van der Waals surface area contributed by atoms with Crippen molar-refractivity contribution in [2.24, 2.45) is 0 Å². The van der Waals surface area contributed by atoms with Crippen molar-refractivity contribution < 1.29 is 9.59 Å². The molecule has 0 fully saturated rings. The molecule has 23 heavy (non-hydrogen) atoms. The molecule has 0 saturated carbocycles. The summed E-state index contributed by atoms with van der Waals surface area (Å²) in [5.41, 5.74) is 0.665. The van der Waals surface area contributed by atoms with Gasteiger partial charge in [-0.05, 0) is 6.92 Å². The van der Waals surface area contributed by atoms with Crippen molar-refractivity contribution in [3.8, 4) is 0 Å². The van der Waals surface area contributed by atoms with E-state index in [9.17, 15) is 9.59 Å². The highest BCUT2D eigenvalue weighted by Crippen LogP contribution is 2.11. The van der Waals surface area contributed by atoms with Gasteiger partial charge in [-0.3, -0.25) is 9.59 Å². The Morgan fingerprint density at radius 1 is 1.04 bits per heavy atom. The summed E-state index contributed by atoms with van der Waals surface area (Å²) in [5.74, 6) is 1.86. The molecule has 0 spiro atoms. The lowest BCUT2D eigenvalue weighted by molar-refractivity contribution is -0.131. The summed E-state index contributed by atoms with van der Waals surface area (Å²) in [6.45, 7) is 3.92. The summed E-state index contributed by atoms with van der Waals surface area (Å²) >= 11 is 0. The number of fused-ring (bicyclic) bond motifs is 1. The zero-order chi connectivity index (χ0) is 16.2. The molecule has 3 rings (SSSR count). The third-order valence-electron chi connectivity index (χ3n) is 4.23. The van der Waals surface area contributed by atoms with Crippen LogP contribution in [0, 0.1) is 6.92 Å². The predicted octanol–water partition coefficient (Wildman–Crippen LogP) is 1.63. The molecule has 6 heteroatoms. The van der Waals surface area contributed by atoms with Gasteiger partial charge in [-0.1, -0.05) is 30.3 Å². The minimum Gasteiger partial charge on any atom is -0.340 e. The van der Waals surface area contributed by atoms with Gasteiger partial charge in [0.25, 0.3) is 0 Å². The van der Waals surface area contributed by atoms with Gasteiger partial charge in [-0.2, -0.15) is 0 Å². The van der Waals surface area contributed by atoms with Gasteiger partial charge in [-0.25, -0.2) is 0 Å². The zero-order valence-electron chi connectivity index (χ0n) is 13.2. The van der Waals surface area contributed by atoms with Gasteiger partial charge in [-0.15, -0.1) is 10.2 Å². The van der Waals surface area contributed by atoms with E-state index in [4.69, 9.17) is 0 Å². The minimum atomic E-state index is 0.0155. The van der Waals surface area contributed by atoms with E-state index in [1.54, 1.807) is 12.1 Å². The van der Waals surface area contributed by atoms with Crippen LogP contribution in [0.3, 0.4) is 0 Å². The smallest absolute Gasteiger partial charge is 0.223 e. The zero-order valence-corrected chi connectivity index (χ0v) is 13.2. The molecule has 0 aliphatic carbocycles. The van der Waals surface area contributed by atoms with Crippen LogP contribution >= 0.6 is 0 Å². The largest absolute Gasteiger partial charge is 0.340 e. The molecular weight excluding hydrogens is 292 g/mol. The molecule has 1 aliphatic heterocycles. The van der Waals surface area contributed by atoms with E-state index in [0.29, 0.717) is 31.6 Å². The number of ketones is 1. The van der Waals surface area contributed by atoms with E-state index >= 15 is 0 Å². The SMILES string of the molecule is Cc1nnc2n1CCN(C(=O)CCC(=O)c1ccccc1)CC2. The summed E-state index contributed by atoms with van der Waals surface area (Å²) in [4.78, 5) is 26.3. The van der Waals surface area contributed by atoms with Gasteiger partial charge in [0.05, 0.1) is 0 Å². The Morgan fingerprint density at radius 3 is 2.61 bits per heavy atom. The van der Waals surface area contributed by atoms with Crippen molar-refractivity contribution in [2.45, 2.75) is 32.7 Å². The van der Waals surface area contributed by atoms with Crippen LogP contribution in [0.4, 0.5) is 0 Å². The number of hydrogen-bond donors (Lipinski definition) is 0. The van der Waals surface area contributed by atoms with Crippen LogP contribution < -0.4 is 0 Å². The standard InChI is InChI=1S/C17H20N4O2/c1-13-18-19-16-9-10-20(11-12-21(13)16)17(23)8-7-15(22)14-5-3-2-4-6-14/h2-6H,7-12H2,1H3. The molecule has 2 aromatic rings. The average molecular weight is 312 g/mol. The maximum atomic E-state index is 12.4. The summed E-state index contributed by atoms with van der Waals surface area (Å²) in [5, 5.41) is 8.21. The van der Waals surface area contributed by atoms with E-state index in [1.165, 1.54) is 0 Å². The summed E-state index contributed by atoms with van der Waals surface area (Å²) < 4.78 is 2.06. The molecule has 6 nitrogen and oxygen atoms in total. The van der Waals surface area contributed by atoms with Gasteiger partial charge in [0, 0.05) is 44.5 Å².